The van der Waals surface area contributed by atoms with Crippen LogP contribution in [0.15, 0.2) is 42.5 Å². The smallest absolute Gasteiger partial charge is 0.227 e. The van der Waals surface area contributed by atoms with Crippen LogP contribution in [0, 0.1) is 35.2 Å². The second-order valence-electron chi connectivity index (χ2n) is 10.3. The number of hydrogen-bond donors (Lipinski definition) is 1. The van der Waals surface area contributed by atoms with Crippen LogP contribution in [0.4, 0.5) is 13.2 Å². The van der Waals surface area contributed by atoms with Crippen LogP contribution in [0.1, 0.15) is 44.7 Å². The summed E-state index contributed by atoms with van der Waals surface area (Å²) in [5.41, 5.74) is -0.185. The van der Waals surface area contributed by atoms with Gasteiger partial charge in [-0.25, -0.2) is 13.2 Å². The molecule has 1 amide bonds. The van der Waals surface area contributed by atoms with E-state index in [0.29, 0.717) is 37.3 Å². The fraction of sp³-hybridized carbons (Fsp3) is 0.519. The number of carbonyl (C=O) groups is 1. The fourth-order valence-electron chi connectivity index (χ4n) is 5.82. The highest BCUT2D eigenvalue weighted by Gasteiger charge is 2.49. The first-order valence-electron chi connectivity index (χ1n) is 12.0. The van der Waals surface area contributed by atoms with Crippen LogP contribution in [0.2, 0.25) is 0 Å². The molecule has 8 heteroatoms. The molecule has 0 saturated carbocycles. The minimum absolute atomic E-state index is 0. The van der Waals surface area contributed by atoms with Gasteiger partial charge in [0.15, 0.2) is 0 Å². The van der Waals surface area contributed by atoms with Crippen molar-refractivity contribution in [2.45, 2.75) is 45.3 Å². The zero-order valence-corrected chi connectivity index (χ0v) is 21.4. The predicted octanol–water partition coefficient (Wildman–Crippen LogP) is 4.95. The molecule has 0 radical (unpaired) electrons. The number of aliphatic hydroxyl groups is 1. The number of benzene rings is 2. The zero-order valence-electron chi connectivity index (χ0n) is 20.5. The number of rotatable bonds is 4. The average Bonchev–Trinajstić information content (AvgIpc) is 3.22. The first-order valence-corrected chi connectivity index (χ1v) is 12.0. The number of amides is 1. The summed E-state index contributed by atoms with van der Waals surface area (Å²) in [6.07, 6.45) is 0. The van der Waals surface area contributed by atoms with Gasteiger partial charge in [0.1, 0.15) is 17.5 Å². The van der Waals surface area contributed by atoms with Gasteiger partial charge in [0.05, 0.1) is 11.5 Å². The average molecular weight is 511 g/mol. The minimum Gasteiger partial charge on any atom is -0.384 e. The van der Waals surface area contributed by atoms with E-state index in [0.717, 1.165) is 6.07 Å². The van der Waals surface area contributed by atoms with Crippen LogP contribution in [-0.4, -0.2) is 53.0 Å². The number of hydrogen-bond acceptors (Lipinski definition) is 3. The summed E-state index contributed by atoms with van der Waals surface area (Å²) in [5, 5.41) is 11.6. The van der Waals surface area contributed by atoms with E-state index in [-0.39, 0.29) is 47.9 Å². The summed E-state index contributed by atoms with van der Waals surface area (Å²) < 4.78 is 41.7. The zero-order chi connectivity index (χ0) is 24.8. The molecule has 0 aromatic heterocycles. The second-order valence-corrected chi connectivity index (χ2v) is 10.3. The quantitative estimate of drug-likeness (QED) is 0.633. The third kappa shape index (κ3) is 5.09. The first kappa shape index (κ1) is 27.5. The highest BCUT2D eigenvalue weighted by molar-refractivity contribution is 5.85. The lowest BCUT2D eigenvalue weighted by atomic mass is 9.70. The maximum absolute atomic E-state index is 14.7. The third-order valence-electron chi connectivity index (χ3n) is 7.87. The number of halogens is 4. The summed E-state index contributed by atoms with van der Waals surface area (Å²) in [7, 11) is 0. The molecule has 1 N–H and O–H groups in total. The Bertz CT molecular complexity index is 1040. The molecule has 2 heterocycles. The molecule has 4 atom stereocenters. The van der Waals surface area contributed by atoms with Gasteiger partial charge in [-0.3, -0.25) is 9.69 Å². The molecule has 4 nitrogen and oxygen atoms in total. The highest BCUT2D eigenvalue weighted by Crippen LogP contribution is 2.43. The Morgan fingerprint density at radius 2 is 1.51 bits per heavy atom. The van der Waals surface area contributed by atoms with Gasteiger partial charge in [0.25, 0.3) is 0 Å². The lowest BCUT2D eigenvalue weighted by Crippen LogP contribution is -2.57. The van der Waals surface area contributed by atoms with Crippen molar-refractivity contribution in [1.29, 1.82) is 0 Å². The Labute approximate surface area is 211 Å². The van der Waals surface area contributed by atoms with Crippen molar-refractivity contribution in [2.75, 3.05) is 26.2 Å². The van der Waals surface area contributed by atoms with Crippen molar-refractivity contribution in [3.05, 3.63) is 71.0 Å². The standard InChI is InChI=1S/C27H33F3N2O2.ClH/c1-16(2)31-14-23(22-10-9-21(29)11-25(22)30)24(15-31)26(33)32-12-17(3)27(34,18(4)13-32)19-5-7-20(28)8-6-19;/h5-11,16-18,23-24,34H,12-15H2,1-4H3;1H/t17?,18?,23-,24+,27?;/m0./s1. The van der Waals surface area contributed by atoms with Crippen LogP contribution in [0.5, 0.6) is 0 Å². The Morgan fingerprint density at radius 1 is 0.943 bits per heavy atom. The second kappa shape index (κ2) is 10.5. The summed E-state index contributed by atoms with van der Waals surface area (Å²) in [6.45, 7) is 9.57. The number of carbonyl (C=O) groups excluding carboxylic acids is 1. The van der Waals surface area contributed by atoms with Gasteiger partial charge in [-0.2, -0.15) is 0 Å². The molecule has 35 heavy (non-hydrogen) atoms. The number of piperidine rings is 1. The topological polar surface area (TPSA) is 43.8 Å². The Hall–Kier alpha value is -2.09. The Balaban J connectivity index is 0.00000342. The Morgan fingerprint density at radius 3 is 2.06 bits per heavy atom. The number of nitrogens with zero attached hydrogens (tertiary/aromatic N) is 2. The summed E-state index contributed by atoms with van der Waals surface area (Å²) in [4.78, 5) is 17.7. The molecule has 2 aliphatic rings. The molecule has 2 saturated heterocycles. The van der Waals surface area contributed by atoms with Gasteiger partial charge in [-0.1, -0.05) is 32.0 Å². The molecule has 0 aliphatic carbocycles. The van der Waals surface area contributed by atoms with E-state index in [9.17, 15) is 23.1 Å². The minimum atomic E-state index is -1.19. The van der Waals surface area contributed by atoms with Crippen LogP contribution in [0.3, 0.4) is 0 Å². The van der Waals surface area contributed by atoms with E-state index in [1.54, 1.807) is 17.0 Å². The summed E-state index contributed by atoms with van der Waals surface area (Å²) >= 11 is 0. The SMILES string of the molecule is CC(C)N1C[C@@H](C(=O)N2CC(C)C(O)(c3ccc(F)cc3)C(C)C2)[C@H](c2ccc(F)cc2F)C1.Cl. The van der Waals surface area contributed by atoms with Crippen LogP contribution >= 0.6 is 12.4 Å². The molecule has 4 rings (SSSR count). The van der Waals surface area contributed by atoms with Gasteiger partial charge in [0, 0.05) is 56.0 Å². The molecule has 2 fully saturated rings. The summed E-state index contributed by atoms with van der Waals surface area (Å²) in [5.74, 6) is -3.10. The van der Waals surface area contributed by atoms with Crippen molar-refractivity contribution in [3.63, 3.8) is 0 Å². The van der Waals surface area contributed by atoms with Crippen molar-refractivity contribution in [1.82, 2.24) is 9.80 Å². The van der Waals surface area contributed by atoms with Crippen molar-refractivity contribution in [2.24, 2.45) is 17.8 Å². The van der Waals surface area contributed by atoms with E-state index in [1.807, 2.05) is 27.7 Å². The molecule has 0 bridgehead atoms. The first-order chi connectivity index (χ1) is 16.0. The maximum Gasteiger partial charge on any atom is 0.227 e. The largest absolute Gasteiger partial charge is 0.384 e. The molecule has 192 valence electrons. The van der Waals surface area contributed by atoms with Crippen molar-refractivity contribution in [3.8, 4) is 0 Å². The third-order valence-corrected chi connectivity index (χ3v) is 7.87. The van der Waals surface area contributed by atoms with Crippen molar-refractivity contribution >= 4 is 18.3 Å². The number of likely N-dealkylation sites (tertiary alicyclic amines) is 2. The van der Waals surface area contributed by atoms with E-state index >= 15 is 0 Å². The summed E-state index contributed by atoms with van der Waals surface area (Å²) in [6, 6.07) is 9.64. The lowest BCUT2D eigenvalue weighted by Gasteiger charge is -2.48. The molecular weight excluding hydrogens is 477 g/mol. The van der Waals surface area contributed by atoms with E-state index < -0.39 is 23.2 Å². The van der Waals surface area contributed by atoms with Gasteiger partial charge in [0.2, 0.25) is 5.91 Å². The predicted molar refractivity (Wildman–Crippen MR) is 132 cm³/mol. The maximum atomic E-state index is 14.7. The molecular formula is C27H34ClF3N2O2. The van der Waals surface area contributed by atoms with E-state index in [2.05, 4.69) is 4.90 Å². The van der Waals surface area contributed by atoms with Gasteiger partial charge in [-0.05, 0) is 43.2 Å². The normalized spacial score (nSPS) is 29.3. The highest BCUT2D eigenvalue weighted by atomic mass is 35.5. The fourth-order valence-corrected chi connectivity index (χ4v) is 5.82. The molecule has 2 aliphatic heterocycles. The van der Waals surface area contributed by atoms with Crippen LogP contribution in [0.25, 0.3) is 0 Å². The van der Waals surface area contributed by atoms with Crippen LogP contribution in [-0.2, 0) is 10.4 Å². The lowest BCUT2D eigenvalue weighted by molar-refractivity contribution is -0.152. The van der Waals surface area contributed by atoms with Crippen LogP contribution < -0.4 is 0 Å². The molecule has 2 unspecified atom stereocenters. The van der Waals surface area contributed by atoms with E-state index in [4.69, 9.17) is 0 Å². The Kier molecular flexibility index (Phi) is 8.24. The van der Waals surface area contributed by atoms with E-state index in [1.165, 1.54) is 24.3 Å². The monoisotopic (exact) mass is 510 g/mol. The van der Waals surface area contributed by atoms with Crippen molar-refractivity contribution < 1.29 is 23.1 Å². The van der Waals surface area contributed by atoms with Gasteiger partial charge >= 0.3 is 0 Å². The molecule has 2 aromatic rings. The molecule has 2 aromatic carbocycles. The molecule has 0 spiro atoms. The van der Waals surface area contributed by atoms with Gasteiger partial charge in [-0.15, -0.1) is 12.4 Å². The van der Waals surface area contributed by atoms with Gasteiger partial charge < -0.3 is 10.0 Å².